The van der Waals surface area contributed by atoms with E-state index in [0.29, 0.717) is 5.75 Å². The molecule has 0 bridgehead atoms. The summed E-state index contributed by atoms with van der Waals surface area (Å²) in [5, 5.41) is 10.5. The molecule has 0 saturated heterocycles. The Bertz CT molecular complexity index is 368. The quantitative estimate of drug-likeness (QED) is 0.794. The molecule has 1 unspecified atom stereocenters. The molecule has 82 valence electrons. The number of carbonyl (C=O) groups excluding carboxylic acids is 1. The van der Waals surface area contributed by atoms with Crippen LogP contribution in [-0.4, -0.2) is 12.1 Å². The number of carboxylic acids is 1. The maximum atomic E-state index is 10.5. The summed E-state index contributed by atoms with van der Waals surface area (Å²) in [4.78, 5) is 10.5. The molecule has 0 N–H and O–H groups in total. The van der Waals surface area contributed by atoms with Gasteiger partial charge in [-0.2, -0.15) is 0 Å². The maximum Gasteiger partial charge on any atom is 0.135 e. The molecule has 0 amide bonds. The van der Waals surface area contributed by atoms with E-state index < -0.39 is 12.1 Å². The number of halogens is 2. The number of hydrogen-bond acceptors (Lipinski definition) is 3. The Labute approximate surface area is 101 Å². The van der Waals surface area contributed by atoms with Crippen molar-refractivity contribution in [3.05, 3.63) is 28.2 Å². The van der Waals surface area contributed by atoms with Gasteiger partial charge in [0.05, 0.1) is 11.8 Å². The van der Waals surface area contributed by atoms with Crippen molar-refractivity contribution in [2.24, 2.45) is 0 Å². The van der Waals surface area contributed by atoms with Crippen molar-refractivity contribution in [2.75, 3.05) is 0 Å². The van der Waals surface area contributed by atoms with Crippen LogP contribution in [-0.2, 0) is 10.7 Å². The molecule has 1 atom stereocenters. The van der Waals surface area contributed by atoms with Crippen LogP contribution in [0.3, 0.4) is 0 Å². The Morgan fingerprint density at radius 2 is 2.33 bits per heavy atom. The zero-order valence-electron chi connectivity index (χ0n) is 8.00. The largest absolute Gasteiger partial charge is 0.546 e. The normalized spacial score (nSPS) is 12.2. The van der Waals surface area contributed by atoms with Gasteiger partial charge < -0.3 is 14.6 Å². The standard InChI is InChI=1S/C10H10BrClO3/c1-6(10(13)14)15-9-3-2-8(11)4-7(9)5-12/h2-4,6H,5H2,1H3,(H,13,14)/p-1. The van der Waals surface area contributed by atoms with Gasteiger partial charge in [-0.15, -0.1) is 11.6 Å². The van der Waals surface area contributed by atoms with Gasteiger partial charge in [0, 0.05) is 10.0 Å². The van der Waals surface area contributed by atoms with Gasteiger partial charge in [0.1, 0.15) is 11.9 Å². The van der Waals surface area contributed by atoms with Gasteiger partial charge in [-0.3, -0.25) is 0 Å². The molecule has 0 radical (unpaired) electrons. The van der Waals surface area contributed by atoms with Crippen LogP contribution in [0.1, 0.15) is 12.5 Å². The van der Waals surface area contributed by atoms with E-state index in [1.807, 2.05) is 0 Å². The maximum absolute atomic E-state index is 10.5. The molecule has 1 rings (SSSR count). The van der Waals surface area contributed by atoms with Crippen molar-refractivity contribution in [1.29, 1.82) is 0 Å². The molecule has 0 aliphatic carbocycles. The first kappa shape index (κ1) is 12.3. The average Bonchev–Trinajstić information content (AvgIpc) is 2.20. The molecule has 0 heterocycles. The van der Waals surface area contributed by atoms with Gasteiger partial charge in [-0.1, -0.05) is 15.9 Å². The van der Waals surface area contributed by atoms with E-state index in [0.717, 1.165) is 10.0 Å². The van der Waals surface area contributed by atoms with Gasteiger partial charge in [-0.05, 0) is 25.1 Å². The van der Waals surface area contributed by atoms with E-state index in [4.69, 9.17) is 16.3 Å². The third-order valence-corrected chi connectivity index (χ3v) is 2.58. The fourth-order valence-electron chi connectivity index (χ4n) is 1.01. The molecule has 1 aromatic rings. The van der Waals surface area contributed by atoms with Crippen LogP contribution in [0.15, 0.2) is 22.7 Å². The highest BCUT2D eigenvalue weighted by molar-refractivity contribution is 9.10. The topological polar surface area (TPSA) is 49.4 Å². The Balaban J connectivity index is 2.89. The highest BCUT2D eigenvalue weighted by Gasteiger charge is 2.08. The second-order valence-electron chi connectivity index (χ2n) is 2.96. The monoisotopic (exact) mass is 291 g/mol. The zero-order valence-corrected chi connectivity index (χ0v) is 10.3. The van der Waals surface area contributed by atoms with Crippen LogP contribution < -0.4 is 9.84 Å². The molecule has 1 aromatic carbocycles. The molecule has 0 aromatic heterocycles. The SMILES string of the molecule is CC(Oc1ccc(Br)cc1CCl)C(=O)[O-]. The average molecular weight is 293 g/mol. The van der Waals surface area contributed by atoms with Crippen LogP contribution in [0.5, 0.6) is 5.75 Å². The summed E-state index contributed by atoms with van der Waals surface area (Å²) < 4.78 is 6.05. The van der Waals surface area contributed by atoms with Crippen molar-refractivity contribution >= 4 is 33.5 Å². The summed E-state index contributed by atoms with van der Waals surface area (Å²) in [6, 6.07) is 5.21. The molecule has 5 heteroatoms. The first-order valence-corrected chi connectivity index (χ1v) is 5.59. The number of hydrogen-bond donors (Lipinski definition) is 0. The minimum Gasteiger partial charge on any atom is -0.546 e. The van der Waals surface area contributed by atoms with E-state index in [1.165, 1.54) is 6.92 Å². The lowest BCUT2D eigenvalue weighted by Gasteiger charge is -2.17. The summed E-state index contributed by atoms with van der Waals surface area (Å²) in [6.45, 7) is 1.41. The van der Waals surface area contributed by atoms with E-state index in [2.05, 4.69) is 15.9 Å². The van der Waals surface area contributed by atoms with Crippen molar-refractivity contribution in [1.82, 2.24) is 0 Å². The Morgan fingerprint density at radius 1 is 1.67 bits per heavy atom. The number of carbonyl (C=O) groups is 1. The van der Waals surface area contributed by atoms with E-state index >= 15 is 0 Å². The number of alkyl halides is 1. The molecule has 0 aliphatic heterocycles. The van der Waals surface area contributed by atoms with Crippen molar-refractivity contribution < 1.29 is 14.6 Å². The molecule has 0 saturated carbocycles. The minimum atomic E-state index is -1.25. The number of carboxylic acid groups (broad SMARTS) is 1. The molecule has 0 aliphatic rings. The van der Waals surface area contributed by atoms with Crippen molar-refractivity contribution in [3.63, 3.8) is 0 Å². The van der Waals surface area contributed by atoms with Crippen LogP contribution in [0.25, 0.3) is 0 Å². The number of benzene rings is 1. The number of rotatable bonds is 4. The van der Waals surface area contributed by atoms with E-state index in [-0.39, 0.29) is 5.88 Å². The lowest BCUT2D eigenvalue weighted by molar-refractivity contribution is -0.312. The van der Waals surface area contributed by atoms with Crippen LogP contribution in [0.4, 0.5) is 0 Å². The van der Waals surface area contributed by atoms with Crippen LogP contribution >= 0.6 is 27.5 Å². The van der Waals surface area contributed by atoms with Gasteiger partial charge in [-0.25, -0.2) is 0 Å². The molecular weight excluding hydrogens is 283 g/mol. The van der Waals surface area contributed by atoms with Crippen LogP contribution in [0.2, 0.25) is 0 Å². The lowest BCUT2D eigenvalue weighted by Crippen LogP contribution is -2.37. The predicted molar refractivity (Wildman–Crippen MR) is 58.8 cm³/mol. The number of ether oxygens (including phenoxy) is 1. The molecule has 3 nitrogen and oxygen atoms in total. The summed E-state index contributed by atoms with van der Waals surface area (Å²) in [6.07, 6.45) is -0.992. The zero-order chi connectivity index (χ0) is 11.4. The highest BCUT2D eigenvalue weighted by atomic mass is 79.9. The van der Waals surface area contributed by atoms with Crippen LogP contribution in [0, 0.1) is 0 Å². The Kier molecular flexibility index (Phi) is 4.42. The summed E-state index contributed by atoms with van der Waals surface area (Å²) >= 11 is 8.99. The first-order chi connectivity index (χ1) is 7.04. The second kappa shape index (κ2) is 5.37. The summed E-state index contributed by atoms with van der Waals surface area (Å²) in [5.41, 5.74) is 0.735. The predicted octanol–water partition coefficient (Wildman–Crippen LogP) is 1.71. The van der Waals surface area contributed by atoms with E-state index in [1.54, 1.807) is 18.2 Å². The Hall–Kier alpha value is -0.740. The van der Waals surface area contributed by atoms with Crippen molar-refractivity contribution in [2.45, 2.75) is 18.9 Å². The van der Waals surface area contributed by atoms with E-state index in [9.17, 15) is 9.90 Å². The third-order valence-electron chi connectivity index (χ3n) is 1.80. The van der Waals surface area contributed by atoms with Gasteiger partial charge in [0.2, 0.25) is 0 Å². The summed E-state index contributed by atoms with van der Waals surface area (Å²) in [5.74, 6) is -0.530. The summed E-state index contributed by atoms with van der Waals surface area (Å²) in [7, 11) is 0. The van der Waals surface area contributed by atoms with Gasteiger partial charge >= 0.3 is 0 Å². The first-order valence-electron chi connectivity index (χ1n) is 4.26. The molecular formula is C10H9BrClO3-. The number of aliphatic carboxylic acids is 1. The van der Waals surface area contributed by atoms with Gasteiger partial charge in [0.15, 0.2) is 0 Å². The lowest BCUT2D eigenvalue weighted by atomic mass is 10.2. The minimum absolute atomic E-state index is 0.258. The fourth-order valence-corrected chi connectivity index (χ4v) is 1.62. The Morgan fingerprint density at radius 3 is 2.87 bits per heavy atom. The third kappa shape index (κ3) is 3.39. The molecule has 15 heavy (non-hydrogen) atoms. The smallest absolute Gasteiger partial charge is 0.135 e. The fraction of sp³-hybridized carbons (Fsp3) is 0.300. The highest BCUT2D eigenvalue weighted by Crippen LogP contribution is 2.25. The van der Waals surface area contributed by atoms with Crippen molar-refractivity contribution in [3.8, 4) is 5.75 Å². The second-order valence-corrected chi connectivity index (χ2v) is 4.15. The van der Waals surface area contributed by atoms with Gasteiger partial charge in [0.25, 0.3) is 0 Å². The molecule has 0 fully saturated rings. The molecule has 0 spiro atoms.